The van der Waals surface area contributed by atoms with E-state index in [0.717, 1.165) is 22.2 Å². The van der Waals surface area contributed by atoms with E-state index in [1.165, 1.54) is 0 Å². The van der Waals surface area contributed by atoms with Crippen LogP contribution in [0.25, 0.3) is 22.2 Å². The Kier molecular flexibility index (Phi) is 2.63. The van der Waals surface area contributed by atoms with Crippen molar-refractivity contribution >= 4 is 22.2 Å². The average molecular weight is 239 g/mol. The van der Waals surface area contributed by atoms with Gasteiger partial charge in [-0.05, 0) is 12.1 Å². The molecule has 4 heterocycles. The molecule has 4 rings (SSSR count). The maximum absolute atomic E-state index is 4.05. The summed E-state index contributed by atoms with van der Waals surface area (Å²) in [5, 5.41) is 13.1. The molecule has 0 spiro atoms. The molecule has 0 unspecified atom stereocenters. The molecule has 0 aliphatic carbocycles. The lowest BCUT2D eigenvalue weighted by molar-refractivity contribution is 1.10. The van der Waals surface area contributed by atoms with Crippen molar-refractivity contribution in [2.75, 3.05) is 0 Å². The average Bonchev–Trinajstić information content (AvgIpc) is 3.08. The van der Waals surface area contributed by atoms with Gasteiger partial charge < -0.3 is 0 Å². The predicted molar refractivity (Wildman–Crippen MR) is 65.6 cm³/mol. The molecular weight excluding hydrogens is 230 g/mol. The summed E-state index contributed by atoms with van der Waals surface area (Å²) in [6, 6.07) is 3.82. The quantitative estimate of drug-likeness (QED) is 0.482. The fraction of sp³-hybridized carbons (Fsp3) is 0. The third-order valence-electron chi connectivity index (χ3n) is 2.29. The summed E-state index contributed by atoms with van der Waals surface area (Å²) in [4.78, 5) is 12.0. The zero-order valence-electron chi connectivity index (χ0n) is 9.28. The van der Waals surface area contributed by atoms with E-state index in [1.54, 1.807) is 31.0 Å². The molecule has 4 aromatic heterocycles. The lowest BCUT2D eigenvalue weighted by Gasteiger charge is -1.80. The Morgan fingerprint density at radius 2 is 1.56 bits per heavy atom. The van der Waals surface area contributed by atoms with Crippen LogP contribution in [0.2, 0.25) is 0 Å². The molecule has 0 saturated heterocycles. The number of hydrogen-bond donors (Lipinski definition) is 2. The summed E-state index contributed by atoms with van der Waals surface area (Å²) >= 11 is 0. The molecule has 0 aliphatic rings. The Morgan fingerprint density at radius 1 is 0.778 bits per heavy atom. The highest BCUT2D eigenvalue weighted by Gasteiger charge is 1.91. The van der Waals surface area contributed by atoms with Crippen molar-refractivity contribution in [1.29, 1.82) is 0 Å². The highest BCUT2D eigenvalue weighted by Crippen LogP contribution is 2.03. The number of nitrogens with zero attached hydrogens (tertiary/aromatic N) is 5. The fourth-order valence-electron chi connectivity index (χ4n) is 1.46. The first kappa shape index (κ1) is 10.3. The molecule has 0 aliphatic heterocycles. The van der Waals surface area contributed by atoms with Crippen LogP contribution in [0, 0.1) is 0 Å². The van der Waals surface area contributed by atoms with Crippen molar-refractivity contribution in [2.24, 2.45) is 0 Å². The predicted octanol–water partition coefficient (Wildman–Crippen LogP) is 1.31. The lowest BCUT2D eigenvalue weighted by atomic mass is 10.4. The first-order valence-corrected chi connectivity index (χ1v) is 5.28. The first-order chi connectivity index (χ1) is 8.93. The van der Waals surface area contributed by atoms with Gasteiger partial charge in [-0.3, -0.25) is 15.2 Å². The molecule has 7 nitrogen and oxygen atoms in total. The molecule has 88 valence electrons. The molecule has 0 fully saturated rings. The minimum absolute atomic E-state index is 0.734. The molecule has 0 amide bonds. The van der Waals surface area contributed by atoms with Gasteiger partial charge >= 0.3 is 0 Å². The Labute approximate surface area is 101 Å². The Hall–Kier alpha value is -2.83. The second-order valence-corrected chi connectivity index (χ2v) is 3.47. The monoisotopic (exact) mass is 239 g/mol. The van der Waals surface area contributed by atoms with Crippen molar-refractivity contribution < 1.29 is 0 Å². The molecule has 0 radical (unpaired) electrons. The third kappa shape index (κ3) is 2.01. The minimum atomic E-state index is 0.734. The summed E-state index contributed by atoms with van der Waals surface area (Å²) in [7, 11) is 0. The smallest absolute Gasteiger partial charge is 0.174 e. The number of rotatable bonds is 0. The topological polar surface area (TPSA) is 96.0 Å². The van der Waals surface area contributed by atoms with E-state index in [9.17, 15) is 0 Å². The van der Waals surface area contributed by atoms with Crippen molar-refractivity contribution in [3.8, 4) is 0 Å². The highest BCUT2D eigenvalue weighted by atomic mass is 15.1. The number of fused-ring (bicyclic) bond motifs is 2. The first-order valence-electron chi connectivity index (χ1n) is 5.28. The molecule has 18 heavy (non-hydrogen) atoms. The highest BCUT2D eigenvalue weighted by molar-refractivity contribution is 5.72. The van der Waals surface area contributed by atoms with Gasteiger partial charge in [0.1, 0.15) is 11.0 Å². The normalized spacial score (nSPS) is 10.2. The molecule has 0 aromatic carbocycles. The largest absolute Gasteiger partial charge is 0.276 e. The lowest BCUT2D eigenvalue weighted by Crippen LogP contribution is -1.76. The fourth-order valence-corrected chi connectivity index (χ4v) is 1.46. The van der Waals surface area contributed by atoms with Gasteiger partial charge in [0, 0.05) is 18.6 Å². The molecule has 0 bridgehead atoms. The van der Waals surface area contributed by atoms with Gasteiger partial charge in [-0.15, -0.1) is 0 Å². The molecule has 2 N–H and O–H groups in total. The van der Waals surface area contributed by atoms with Crippen LogP contribution >= 0.6 is 0 Å². The van der Waals surface area contributed by atoms with Crippen molar-refractivity contribution in [3.63, 3.8) is 0 Å². The number of nitrogens with one attached hydrogen (secondary N) is 2. The van der Waals surface area contributed by atoms with E-state index >= 15 is 0 Å². The van der Waals surface area contributed by atoms with Crippen molar-refractivity contribution in [1.82, 2.24) is 35.3 Å². The van der Waals surface area contributed by atoms with Crippen LogP contribution in [-0.2, 0) is 0 Å². The summed E-state index contributed by atoms with van der Waals surface area (Å²) < 4.78 is 0. The minimum Gasteiger partial charge on any atom is -0.276 e. The number of pyridine rings is 1. The van der Waals surface area contributed by atoms with Crippen LogP contribution in [0.5, 0.6) is 0 Å². The van der Waals surface area contributed by atoms with Crippen LogP contribution in [0.15, 0.2) is 43.1 Å². The maximum Gasteiger partial charge on any atom is 0.174 e. The van der Waals surface area contributed by atoms with E-state index in [0.29, 0.717) is 0 Å². The Balaban J connectivity index is 0.000000111. The molecule has 0 saturated carbocycles. The molecule has 0 atom stereocenters. The summed E-state index contributed by atoms with van der Waals surface area (Å²) in [5.74, 6) is 0. The number of hydrogen-bond acceptors (Lipinski definition) is 5. The van der Waals surface area contributed by atoms with Gasteiger partial charge in [0.15, 0.2) is 5.65 Å². The van der Waals surface area contributed by atoms with Gasteiger partial charge in [-0.2, -0.15) is 10.2 Å². The van der Waals surface area contributed by atoms with E-state index in [1.807, 2.05) is 12.1 Å². The summed E-state index contributed by atoms with van der Waals surface area (Å²) in [5.41, 5.74) is 3.44. The van der Waals surface area contributed by atoms with Crippen LogP contribution in [0.3, 0.4) is 0 Å². The maximum atomic E-state index is 4.05. The number of aromatic amines is 2. The Bertz CT molecular complexity index is 631. The second-order valence-electron chi connectivity index (χ2n) is 3.47. The standard InChI is InChI=1S/C6H5N3.C5H4N4/c1-2-5-6(7-3-1)4-8-9-5;1-2-7-5-4(6-1)3-8-9-5/h1-4H,(H,8,9);1-3H,(H,7,8,9). The van der Waals surface area contributed by atoms with E-state index in [2.05, 4.69) is 35.3 Å². The zero-order valence-corrected chi connectivity index (χ0v) is 9.28. The molecule has 7 heteroatoms. The van der Waals surface area contributed by atoms with Gasteiger partial charge in [-0.1, -0.05) is 0 Å². The summed E-state index contributed by atoms with van der Waals surface area (Å²) in [6.45, 7) is 0. The second kappa shape index (κ2) is 4.58. The van der Waals surface area contributed by atoms with Gasteiger partial charge in [0.05, 0.1) is 17.9 Å². The van der Waals surface area contributed by atoms with Crippen molar-refractivity contribution in [3.05, 3.63) is 43.1 Å². The van der Waals surface area contributed by atoms with E-state index < -0.39 is 0 Å². The van der Waals surface area contributed by atoms with Crippen LogP contribution in [0.1, 0.15) is 0 Å². The third-order valence-corrected chi connectivity index (χ3v) is 2.29. The van der Waals surface area contributed by atoms with Gasteiger partial charge in [0.25, 0.3) is 0 Å². The molecular formula is C11H9N7. The Morgan fingerprint density at radius 3 is 2.44 bits per heavy atom. The van der Waals surface area contributed by atoms with Gasteiger partial charge in [0.2, 0.25) is 0 Å². The SMILES string of the molecule is c1cnc2[nH]ncc2n1.c1cnc2cn[nH]c2c1. The number of aromatic nitrogens is 7. The number of H-pyrrole nitrogens is 2. The van der Waals surface area contributed by atoms with Crippen molar-refractivity contribution in [2.45, 2.75) is 0 Å². The van der Waals surface area contributed by atoms with Crippen LogP contribution in [0.4, 0.5) is 0 Å². The zero-order chi connectivity index (χ0) is 12.2. The molecule has 4 aromatic rings. The van der Waals surface area contributed by atoms with Crippen LogP contribution < -0.4 is 0 Å². The van der Waals surface area contributed by atoms with Crippen LogP contribution in [-0.4, -0.2) is 35.3 Å². The van der Waals surface area contributed by atoms with E-state index in [4.69, 9.17) is 0 Å². The van der Waals surface area contributed by atoms with E-state index in [-0.39, 0.29) is 0 Å². The summed E-state index contributed by atoms with van der Waals surface area (Å²) in [6.07, 6.45) is 8.36. The van der Waals surface area contributed by atoms with Gasteiger partial charge in [-0.25, -0.2) is 9.97 Å².